The summed E-state index contributed by atoms with van der Waals surface area (Å²) in [6.07, 6.45) is 0. The van der Waals surface area contributed by atoms with Gasteiger partial charge in [0.15, 0.2) is 0 Å². The summed E-state index contributed by atoms with van der Waals surface area (Å²) >= 11 is 0. The van der Waals surface area contributed by atoms with E-state index in [1.165, 1.54) is 5.56 Å². The van der Waals surface area contributed by atoms with Crippen LogP contribution in [-0.4, -0.2) is 67.7 Å². The van der Waals surface area contributed by atoms with Gasteiger partial charge in [0.05, 0.1) is 20.3 Å². The number of pyridine rings is 1. The van der Waals surface area contributed by atoms with E-state index in [0.29, 0.717) is 25.6 Å². The first-order chi connectivity index (χ1) is 10.5. The number of carbonyl (C=O) groups is 1. The zero-order valence-corrected chi connectivity index (χ0v) is 13.9. The average Bonchev–Trinajstić information content (AvgIpc) is 2.49. The van der Waals surface area contributed by atoms with Crippen molar-refractivity contribution in [2.45, 2.75) is 20.4 Å². The second-order valence-electron chi connectivity index (χ2n) is 5.63. The topological polar surface area (TPSA) is 54.9 Å². The number of methoxy groups -OCH3 is 2. The highest BCUT2D eigenvalue weighted by Gasteiger charge is 2.24. The van der Waals surface area contributed by atoms with Crippen molar-refractivity contribution in [3.8, 4) is 5.88 Å². The first-order valence-corrected chi connectivity index (χ1v) is 7.55. The number of nitrogens with zero attached hydrogens (tertiary/aromatic N) is 3. The fraction of sp³-hybridized carbons (Fsp3) is 0.625. The molecular formula is C16H25N3O3. The summed E-state index contributed by atoms with van der Waals surface area (Å²) in [6.45, 7) is 8.14. The molecule has 0 saturated carbocycles. The molecule has 0 bridgehead atoms. The van der Waals surface area contributed by atoms with E-state index in [-0.39, 0.29) is 5.91 Å². The molecule has 1 aromatic rings. The Hall–Kier alpha value is -1.66. The number of rotatable bonds is 6. The number of hydrogen-bond acceptors (Lipinski definition) is 5. The van der Waals surface area contributed by atoms with E-state index in [4.69, 9.17) is 9.47 Å². The van der Waals surface area contributed by atoms with Crippen LogP contribution in [0, 0.1) is 13.8 Å². The minimum absolute atomic E-state index is 0.167. The predicted molar refractivity (Wildman–Crippen MR) is 84.0 cm³/mol. The van der Waals surface area contributed by atoms with Crippen LogP contribution in [0.3, 0.4) is 0 Å². The molecule has 1 saturated heterocycles. The van der Waals surface area contributed by atoms with Crippen LogP contribution in [0.15, 0.2) is 6.07 Å². The lowest BCUT2D eigenvalue weighted by atomic mass is 10.1. The third kappa shape index (κ3) is 3.96. The van der Waals surface area contributed by atoms with Gasteiger partial charge in [-0.3, -0.25) is 9.69 Å². The quantitative estimate of drug-likeness (QED) is 0.785. The average molecular weight is 307 g/mol. The maximum atomic E-state index is 12.2. The summed E-state index contributed by atoms with van der Waals surface area (Å²) in [4.78, 5) is 20.6. The molecule has 1 amide bonds. The molecule has 0 unspecified atom stereocenters. The van der Waals surface area contributed by atoms with Gasteiger partial charge in [-0.1, -0.05) is 0 Å². The second kappa shape index (κ2) is 7.56. The minimum Gasteiger partial charge on any atom is -0.481 e. The molecule has 6 heteroatoms. The van der Waals surface area contributed by atoms with Gasteiger partial charge in [0, 0.05) is 45.0 Å². The Bertz CT molecular complexity index is 510. The van der Waals surface area contributed by atoms with Crippen molar-refractivity contribution >= 4 is 5.91 Å². The summed E-state index contributed by atoms with van der Waals surface area (Å²) in [5, 5.41) is 0. The summed E-state index contributed by atoms with van der Waals surface area (Å²) < 4.78 is 10.2. The lowest BCUT2D eigenvalue weighted by molar-refractivity contribution is -0.136. The smallest absolute Gasteiger partial charge is 0.236 e. The van der Waals surface area contributed by atoms with Crippen molar-refractivity contribution in [3.63, 3.8) is 0 Å². The van der Waals surface area contributed by atoms with E-state index in [1.807, 2.05) is 17.9 Å². The van der Waals surface area contributed by atoms with Crippen molar-refractivity contribution in [1.82, 2.24) is 14.8 Å². The van der Waals surface area contributed by atoms with E-state index < -0.39 is 0 Å². The van der Waals surface area contributed by atoms with E-state index >= 15 is 0 Å². The maximum absolute atomic E-state index is 12.2. The van der Waals surface area contributed by atoms with E-state index in [0.717, 1.165) is 30.9 Å². The maximum Gasteiger partial charge on any atom is 0.236 e. The number of piperazine rings is 1. The molecule has 0 spiro atoms. The van der Waals surface area contributed by atoms with Gasteiger partial charge in [0.1, 0.15) is 0 Å². The Balaban J connectivity index is 2.00. The largest absolute Gasteiger partial charge is 0.481 e. The Morgan fingerprint density at radius 1 is 1.27 bits per heavy atom. The van der Waals surface area contributed by atoms with Gasteiger partial charge >= 0.3 is 0 Å². The molecule has 0 radical (unpaired) electrons. The second-order valence-corrected chi connectivity index (χ2v) is 5.63. The highest BCUT2D eigenvalue weighted by atomic mass is 16.5. The van der Waals surface area contributed by atoms with Gasteiger partial charge in [-0.05, 0) is 25.0 Å². The number of amides is 1. The molecule has 0 aromatic carbocycles. The van der Waals surface area contributed by atoms with Crippen molar-refractivity contribution in [2.75, 3.05) is 47.0 Å². The number of hydrogen-bond donors (Lipinski definition) is 0. The predicted octanol–water partition coefficient (Wildman–Crippen LogP) is 0.998. The van der Waals surface area contributed by atoms with Gasteiger partial charge < -0.3 is 14.4 Å². The Morgan fingerprint density at radius 2 is 2.05 bits per heavy atom. The van der Waals surface area contributed by atoms with Gasteiger partial charge in [0.2, 0.25) is 11.8 Å². The molecule has 0 N–H and O–H groups in total. The van der Waals surface area contributed by atoms with E-state index in [2.05, 4.69) is 16.8 Å². The highest BCUT2D eigenvalue weighted by Crippen LogP contribution is 2.20. The van der Waals surface area contributed by atoms with Crippen molar-refractivity contribution < 1.29 is 14.3 Å². The minimum atomic E-state index is 0.167. The lowest BCUT2D eigenvalue weighted by Crippen LogP contribution is -2.50. The molecule has 0 aliphatic carbocycles. The number of carbonyl (C=O) groups excluding carboxylic acids is 1. The van der Waals surface area contributed by atoms with Crippen LogP contribution in [0.25, 0.3) is 0 Å². The summed E-state index contributed by atoms with van der Waals surface area (Å²) in [7, 11) is 3.28. The molecule has 0 atom stereocenters. The monoisotopic (exact) mass is 307 g/mol. The lowest BCUT2D eigenvalue weighted by Gasteiger charge is -2.34. The van der Waals surface area contributed by atoms with Gasteiger partial charge in [-0.25, -0.2) is 4.98 Å². The van der Waals surface area contributed by atoms with Crippen molar-refractivity contribution in [3.05, 3.63) is 22.9 Å². The number of aryl methyl sites for hydroxylation is 2. The normalized spacial score (nSPS) is 16.2. The zero-order chi connectivity index (χ0) is 16.1. The van der Waals surface area contributed by atoms with Crippen LogP contribution in [-0.2, 0) is 16.1 Å². The zero-order valence-electron chi connectivity index (χ0n) is 13.9. The molecule has 2 heterocycles. The Labute approximate surface area is 132 Å². The van der Waals surface area contributed by atoms with Crippen LogP contribution >= 0.6 is 0 Å². The Morgan fingerprint density at radius 3 is 2.64 bits per heavy atom. The molecule has 1 fully saturated rings. The molecule has 2 rings (SSSR count). The number of aromatic nitrogens is 1. The standard InChI is InChI=1S/C16H25N3O3/c1-12-9-15(22-4)17-13(2)14(12)10-18-5-6-19(7-8-21-3)16(20)11-18/h9H,5-8,10-11H2,1-4H3. The van der Waals surface area contributed by atoms with Crippen LogP contribution in [0.2, 0.25) is 0 Å². The Kier molecular flexibility index (Phi) is 5.74. The molecule has 1 aromatic heterocycles. The van der Waals surface area contributed by atoms with E-state index in [9.17, 15) is 4.79 Å². The third-order valence-electron chi connectivity index (χ3n) is 4.08. The SMILES string of the molecule is COCCN1CCN(Cc2c(C)cc(OC)nc2C)CC1=O. The van der Waals surface area contributed by atoms with Gasteiger partial charge in [-0.2, -0.15) is 0 Å². The molecule has 122 valence electrons. The molecular weight excluding hydrogens is 282 g/mol. The summed E-state index contributed by atoms with van der Waals surface area (Å²) in [5.41, 5.74) is 3.30. The fourth-order valence-electron chi connectivity index (χ4n) is 2.72. The van der Waals surface area contributed by atoms with Crippen LogP contribution in [0.4, 0.5) is 0 Å². The van der Waals surface area contributed by atoms with Crippen molar-refractivity contribution in [1.29, 1.82) is 0 Å². The third-order valence-corrected chi connectivity index (χ3v) is 4.08. The van der Waals surface area contributed by atoms with Gasteiger partial charge in [-0.15, -0.1) is 0 Å². The van der Waals surface area contributed by atoms with E-state index in [1.54, 1.807) is 14.2 Å². The molecule has 1 aliphatic rings. The fourth-order valence-corrected chi connectivity index (χ4v) is 2.72. The van der Waals surface area contributed by atoms with Crippen LogP contribution in [0.1, 0.15) is 16.8 Å². The first kappa shape index (κ1) is 16.7. The van der Waals surface area contributed by atoms with Gasteiger partial charge in [0.25, 0.3) is 0 Å². The van der Waals surface area contributed by atoms with Crippen LogP contribution in [0.5, 0.6) is 5.88 Å². The van der Waals surface area contributed by atoms with Crippen molar-refractivity contribution in [2.24, 2.45) is 0 Å². The highest BCUT2D eigenvalue weighted by molar-refractivity contribution is 5.79. The molecule has 1 aliphatic heterocycles. The summed E-state index contributed by atoms with van der Waals surface area (Å²) in [6, 6.07) is 1.94. The van der Waals surface area contributed by atoms with Crippen LogP contribution < -0.4 is 4.74 Å². The first-order valence-electron chi connectivity index (χ1n) is 7.55. The number of ether oxygens (including phenoxy) is 2. The molecule has 6 nitrogen and oxygen atoms in total. The molecule has 22 heavy (non-hydrogen) atoms. The summed E-state index contributed by atoms with van der Waals surface area (Å²) in [5.74, 6) is 0.805.